The number of hydrogen-bond donors (Lipinski definition) is 1. The number of aliphatic imine (C=N–C) groups is 1. The van der Waals surface area contributed by atoms with Crippen LogP contribution in [0.25, 0.3) is 0 Å². The van der Waals surface area contributed by atoms with Crippen LogP contribution in [0.3, 0.4) is 0 Å². The Bertz CT molecular complexity index is 342. The zero-order valence-corrected chi connectivity index (χ0v) is 8.42. The number of nitrogens with zero attached hydrogens (tertiary/aromatic N) is 2. The van der Waals surface area contributed by atoms with E-state index in [-0.39, 0.29) is 5.60 Å². The van der Waals surface area contributed by atoms with Crippen LogP contribution in [-0.2, 0) is 4.74 Å². The summed E-state index contributed by atoms with van der Waals surface area (Å²) in [5.74, 6) is 0.774. The minimum Gasteiger partial charge on any atom is -0.455 e. The van der Waals surface area contributed by atoms with Gasteiger partial charge in [0.2, 0.25) is 0 Å². The highest BCUT2D eigenvalue weighted by molar-refractivity contribution is 5.76. The van der Waals surface area contributed by atoms with Gasteiger partial charge < -0.3 is 10.1 Å². The third-order valence-corrected chi connectivity index (χ3v) is 4.63. The van der Waals surface area contributed by atoms with Gasteiger partial charge in [0, 0.05) is 31.6 Å². The Morgan fingerprint density at radius 1 is 1.64 bits per heavy atom. The van der Waals surface area contributed by atoms with Crippen molar-refractivity contribution in [1.82, 2.24) is 10.2 Å². The molecule has 0 aromatic heterocycles. The largest absolute Gasteiger partial charge is 0.455 e. The van der Waals surface area contributed by atoms with Gasteiger partial charge in [0.25, 0.3) is 6.02 Å². The van der Waals surface area contributed by atoms with Gasteiger partial charge in [0.15, 0.2) is 0 Å². The molecule has 2 unspecified atom stereocenters. The maximum atomic E-state index is 5.99. The van der Waals surface area contributed by atoms with E-state index in [1.54, 1.807) is 7.05 Å². The zero-order valence-electron chi connectivity index (χ0n) is 8.42. The average molecular weight is 193 g/mol. The number of ether oxygens (including phenoxy) is 1. The van der Waals surface area contributed by atoms with E-state index in [2.05, 4.69) is 15.2 Å². The quantitative estimate of drug-likeness (QED) is 0.579. The normalized spacial score (nSPS) is 56.4. The lowest BCUT2D eigenvalue weighted by atomic mass is 9.98. The van der Waals surface area contributed by atoms with Crippen LogP contribution in [0.2, 0.25) is 0 Å². The number of fused-ring (bicyclic) bond motifs is 1. The maximum Gasteiger partial charge on any atom is 0.285 e. The maximum absolute atomic E-state index is 5.99. The summed E-state index contributed by atoms with van der Waals surface area (Å²) >= 11 is 0. The minimum atomic E-state index is 0.0747. The molecule has 1 aliphatic carbocycles. The fourth-order valence-corrected chi connectivity index (χ4v) is 3.72. The van der Waals surface area contributed by atoms with Crippen LogP contribution in [0.15, 0.2) is 4.99 Å². The smallest absolute Gasteiger partial charge is 0.285 e. The molecule has 4 heteroatoms. The first-order valence-electron chi connectivity index (χ1n) is 5.44. The molecule has 3 atom stereocenters. The molecule has 4 fully saturated rings. The van der Waals surface area contributed by atoms with Crippen LogP contribution in [-0.4, -0.2) is 48.7 Å². The molecule has 0 amide bonds. The molecule has 0 aromatic carbocycles. The number of rotatable bonds is 0. The van der Waals surface area contributed by atoms with Crippen molar-refractivity contribution in [2.24, 2.45) is 10.9 Å². The lowest BCUT2D eigenvalue weighted by molar-refractivity contribution is 0.0465. The van der Waals surface area contributed by atoms with E-state index in [1.807, 2.05) is 0 Å². The Morgan fingerprint density at radius 3 is 3.00 bits per heavy atom. The molecule has 4 rings (SSSR count). The van der Waals surface area contributed by atoms with Gasteiger partial charge in [-0.25, -0.2) is 4.99 Å². The van der Waals surface area contributed by atoms with Crippen LogP contribution in [0.5, 0.6) is 0 Å². The molecule has 0 aromatic rings. The highest BCUT2D eigenvalue weighted by atomic mass is 16.5. The van der Waals surface area contributed by atoms with Crippen molar-refractivity contribution in [2.45, 2.75) is 24.0 Å². The molecule has 3 aliphatic heterocycles. The SMILES string of the molecule is CN=C1NC[C@@]2(CN3CCC34CC42)O1. The monoisotopic (exact) mass is 193 g/mol. The molecule has 0 bridgehead atoms. The van der Waals surface area contributed by atoms with Gasteiger partial charge in [-0.3, -0.25) is 4.90 Å². The Morgan fingerprint density at radius 2 is 2.57 bits per heavy atom. The van der Waals surface area contributed by atoms with Crippen LogP contribution in [0, 0.1) is 5.92 Å². The van der Waals surface area contributed by atoms with E-state index in [0.717, 1.165) is 25.0 Å². The second-order valence-corrected chi connectivity index (χ2v) is 5.08. The molecule has 3 heterocycles. The van der Waals surface area contributed by atoms with Crippen LogP contribution < -0.4 is 5.32 Å². The van der Waals surface area contributed by atoms with Crippen molar-refractivity contribution < 1.29 is 4.74 Å². The van der Waals surface area contributed by atoms with Crippen LogP contribution in [0.4, 0.5) is 0 Å². The summed E-state index contributed by atoms with van der Waals surface area (Å²) in [6, 6.07) is 0.745. The van der Waals surface area contributed by atoms with Crippen molar-refractivity contribution in [2.75, 3.05) is 26.7 Å². The molecule has 2 spiro atoms. The Labute approximate surface area is 83.3 Å². The van der Waals surface area contributed by atoms with Crippen molar-refractivity contribution in [3.8, 4) is 0 Å². The first-order valence-corrected chi connectivity index (χ1v) is 5.44. The predicted octanol–water partition coefficient (Wildman–Crippen LogP) is -0.191. The predicted molar refractivity (Wildman–Crippen MR) is 52.2 cm³/mol. The Hall–Kier alpha value is -0.770. The Kier molecular flexibility index (Phi) is 1.04. The highest BCUT2D eigenvalue weighted by Crippen LogP contribution is 2.67. The summed E-state index contributed by atoms with van der Waals surface area (Å²) in [5.41, 5.74) is 0.649. The van der Waals surface area contributed by atoms with Crippen molar-refractivity contribution >= 4 is 6.02 Å². The number of amidine groups is 1. The number of piperidine rings is 1. The minimum absolute atomic E-state index is 0.0747. The highest BCUT2D eigenvalue weighted by Gasteiger charge is 2.77. The van der Waals surface area contributed by atoms with Gasteiger partial charge in [0.05, 0.1) is 6.54 Å². The van der Waals surface area contributed by atoms with Crippen LogP contribution >= 0.6 is 0 Å². The molecular weight excluding hydrogens is 178 g/mol. The van der Waals surface area contributed by atoms with E-state index in [4.69, 9.17) is 4.74 Å². The van der Waals surface area contributed by atoms with E-state index in [9.17, 15) is 0 Å². The molecule has 3 saturated heterocycles. The summed E-state index contributed by atoms with van der Waals surface area (Å²) in [5, 5.41) is 3.26. The van der Waals surface area contributed by atoms with Gasteiger partial charge in [-0.2, -0.15) is 0 Å². The standard InChI is InChI=1S/C10H15N3O/c1-11-8-12-5-10(14-8)6-13-3-2-9(13)4-7(9)10/h7H,2-6H2,1H3,(H,11,12)/t7?,9?,10-/m0/s1. The second kappa shape index (κ2) is 1.94. The first kappa shape index (κ1) is 7.51. The summed E-state index contributed by atoms with van der Waals surface area (Å²) in [6.45, 7) is 3.35. The van der Waals surface area contributed by atoms with Gasteiger partial charge in [-0.15, -0.1) is 0 Å². The average Bonchev–Trinajstić information content (AvgIpc) is 2.81. The van der Waals surface area contributed by atoms with Gasteiger partial charge >= 0.3 is 0 Å². The van der Waals surface area contributed by atoms with Crippen molar-refractivity contribution in [3.05, 3.63) is 0 Å². The van der Waals surface area contributed by atoms with E-state index < -0.39 is 0 Å². The molecule has 4 nitrogen and oxygen atoms in total. The molecule has 0 radical (unpaired) electrons. The lowest BCUT2D eigenvalue weighted by Gasteiger charge is -2.38. The fraction of sp³-hybridized carbons (Fsp3) is 0.900. The number of hydrogen-bond acceptors (Lipinski definition) is 3. The van der Waals surface area contributed by atoms with Gasteiger partial charge in [0.1, 0.15) is 5.60 Å². The summed E-state index contributed by atoms with van der Waals surface area (Å²) in [6.07, 6.45) is 2.74. The fourth-order valence-electron chi connectivity index (χ4n) is 3.72. The first-order chi connectivity index (χ1) is 6.79. The molecule has 76 valence electrons. The van der Waals surface area contributed by atoms with E-state index in [1.165, 1.54) is 19.4 Å². The molecular formula is C10H15N3O. The van der Waals surface area contributed by atoms with E-state index in [0.29, 0.717) is 5.54 Å². The molecule has 1 saturated carbocycles. The topological polar surface area (TPSA) is 36.9 Å². The second-order valence-electron chi connectivity index (χ2n) is 5.08. The van der Waals surface area contributed by atoms with Crippen LogP contribution in [0.1, 0.15) is 12.8 Å². The summed E-state index contributed by atoms with van der Waals surface area (Å²) in [4.78, 5) is 6.70. The third kappa shape index (κ3) is 0.601. The molecule has 14 heavy (non-hydrogen) atoms. The van der Waals surface area contributed by atoms with Crippen molar-refractivity contribution in [1.29, 1.82) is 0 Å². The lowest BCUT2D eigenvalue weighted by Crippen LogP contribution is -2.49. The summed E-state index contributed by atoms with van der Waals surface area (Å²) < 4.78 is 5.99. The van der Waals surface area contributed by atoms with Gasteiger partial charge in [-0.1, -0.05) is 0 Å². The Balaban J connectivity index is 1.68. The third-order valence-electron chi connectivity index (χ3n) is 4.63. The zero-order chi connectivity index (χ0) is 9.39. The number of nitrogens with one attached hydrogen (secondary N) is 1. The van der Waals surface area contributed by atoms with Gasteiger partial charge in [-0.05, 0) is 12.8 Å². The summed E-state index contributed by atoms with van der Waals surface area (Å²) in [7, 11) is 1.79. The molecule has 1 N–H and O–H groups in total. The van der Waals surface area contributed by atoms with Crippen molar-refractivity contribution in [3.63, 3.8) is 0 Å². The van der Waals surface area contributed by atoms with E-state index >= 15 is 0 Å². The molecule has 4 aliphatic rings.